The SMILES string of the molecule is Cc1cc(CC(=O)Nc2cc(C3CCCCCC3)nn2C(C)(C)C)on1. The number of nitrogens with one attached hydrogen (secondary N) is 1. The predicted molar refractivity (Wildman–Crippen MR) is 101 cm³/mol. The minimum Gasteiger partial charge on any atom is -0.361 e. The average molecular weight is 358 g/mol. The van der Waals surface area contributed by atoms with E-state index in [2.05, 4.69) is 37.3 Å². The number of hydrogen-bond acceptors (Lipinski definition) is 4. The van der Waals surface area contributed by atoms with Gasteiger partial charge in [-0.3, -0.25) is 4.79 Å². The maximum absolute atomic E-state index is 12.5. The molecule has 0 bridgehead atoms. The Kier molecular flexibility index (Phi) is 5.49. The molecule has 6 nitrogen and oxygen atoms in total. The highest BCUT2D eigenvalue weighted by Gasteiger charge is 2.25. The first-order chi connectivity index (χ1) is 12.3. The zero-order valence-corrected chi connectivity index (χ0v) is 16.3. The molecule has 0 saturated heterocycles. The number of aromatic nitrogens is 3. The number of carbonyl (C=O) groups is 1. The number of hydrogen-bond donors (Lipinski definition) is 1. The van der Waals surface area contributed by atoms with Gasteiger partial charge in [0.05, 0.1) is 23.3 Å². The summed E-state index contributed by atoms with van der Waals surface area (Å²) in [6, 6.07) is 3.85. The standard InChI is InChI=1S/C20H30N4O2/c1-14-11-16(26-23-14)12-19(25)21-18-13-17(22-24(18)20(2,3)4)15-9-7-5-6-8-10-15/h11,13,15H,5-10,12H2,1-4H3,(H,21,25). The Hall–Kier alpha value is -2.11. The molecule has 0 spiro atoms. The third kappa shape index (κ3) is 4.54. The Morgan fingerprint density at radius 2 is 1.92 bits per heavy atom. The van der Waals surface area contributed by atoms with Crippen LogP contribution in [0.1, 0.15) is 82.4 Å². The maximum atomic E-state index is 12.5. The molecular formula is C20H30N4O2. The van der Waals surface area contributed by atoms with Gasteiger partial charge in [-0.05, 0) is 40.5 Å². The van der Waals surface area contributed by atoms with Gasteiger partial charge >= 0.3 is 0 Å². The van der Waals surface area contributed by atoms with Crippen molar-refractivity contribution in [3.8, 4) is 0 Å². The van der Waals surface area contributed by atoms with Gasteiger partial charge in [-0.2, -0.15) is 5.10 Å². The normalized spacial score (nSPS) is 16.5. The van der Waals surface area contributed by atoms with E-state index < -0.39 is 0 Å². The van der Waals surface area contributed by atoms with Crippen molar-refractivity contribution in [2.24, 2.45) is 0 Å². The summed E-state index contributed by atoms with van der Waals surface area (Å²) < 4.78 is 7.09. The van der Waals surface area contributed by atoms with Crippen molar-refractivity contribution in [3.05, 3.63) is 29.3 Å². The second kappa shape index (κ2) is 7.64. The molecule has 0 radical (unpaired) electrons. The number of amides is 1. The van der Waals surface area contributed by atoms with Crippen LogP contribution in [-0.2, 0) is 16.8 Å². The smallest absolute Gasteiger partial charge is 0.233 e. The van der Waals surface area contributed by atoms with E-state index in [9.17, 15) is 4.79 Å². The van der Waals surface area contributed by atoms with Crippen molar-refractivity contribution in [2.75, 3.05) is 5.32 Å². The van der Waals surface area contributed by atoms with Crippen LogP contribution in [0.2, 0.25) is 0 Å². The summed E-state index contributed by atoms with van der Waals surface area (Å²) in [5.74, 6) is 1.72. The molecule has 0 aromatic carbocycles. The van der Waals surface area contributed by atoms with E-state index in [4.69, 9.17) is 9.62 Å². The molecular weight excluding hydrogens is 328 g/mol. The molecule has 1 N–H and O–H groups in total. The lowest BCUT2D eigenvalue weighted by Crippen LogP contribution is -2.27. The molecule has 3 rings (SSSR count). The number of anilines is 1. The lowest BCUT2D eigenvalue weighted by Gasteiger charge is -2.22. The van der Waals surface area contributed by atoms with Gasteiger partial charge in [-0.15, -0.1) is 0 Å². The summed E-state index contributed by atoms with van der Waals surface area (Å²) >= 11 is 0. The van der Waals surface area contributed by atoms with Crippen LogP contribution in [0.4, 0.5) is 5.82 Å². The Morgan fingerprint density at radius 1 is 1.23 bits per heavy atom. The Labute approximate surface area is 155 Å². The molecule has 26 heavy (non-hydrogen) atoms. The number of carbonyl (C=O) groups excluding carboxylic acids is 1. The fourth-order valence-electron chi connectivity index (χ4n) is 3.62. The number of rotatable bonds is 4. The largest absolute Gasteiger partial charge is 0.361 e. The van der Waals surface area contributed by atoms with Gasteiger partial charge in [-0.25, -0.2) is 4.68 Å². The predicted octanol–water partition coefficient (Wildman–Crippen LogP) is 4.55. The molecule has 1 aliphatic carbocycles. The van der Waals surface area contributed by atoms with E-state index in [1.54, 1.807) is 6.07 Å². The fourth-order valence-corrected chi connectivity index (χ4v) is 3.62. The molecule has 0 atom stereocenters. The second-order valence-electron chi connectivity index (χ2n) is 8.39. The van der Waals surface area contributed by atoms with Gasteiger partial charge in [-0.1, -0.05) is 30.8 Å². The number of nitrogens with zero attached hydrogens (tertiary/aromatic N) is 3. The van der Waals surface area contributed by atoms with Crippen LogP contribution in [0.15, 0.2) is 16.7 Å². The van der Waals surface area contributed by atoms with Crippen molar-refractivity contribution in [2.45, 2.75) is 84.1 Å². The van der Waals surface area contributed by atoms with Gasteiger partial charge in [0.2, 0.25) is 5.91 Å². The Balaban J connectivity index is 1.79. The van der Waals surface area contributed by atoms with Crippen LogP contribution < -0.4 is 5.32 Å². The van der Waals surface area contributed by atoms with E-state index in [-0.39, 0.29) is 17.9 Å². The van der Waals surface area contributed by atoms with Crippen molar-refractivity contribution >= 4 is 11.7 Å². The van der Waals surface area contributed by atoms with Crippen LogP contribution in [0.5, 0.6) is 0 Å². The topological polar surface area (TPSA) is 73.0 Å². The van der Waals surface area contributed by atoms with Crippen LogP contribution in [-0.4, -0.2) is 20.8 Å². The van der Waals surface area contributed by atoms with Gasteiger partial charge in [0, 0.05) is 18.1 Å². The third-order valence-electron chi connectivity index (χ3n) is 4.92. The molecule has 2 aromatic rings. The van der Waals surface area contributed by atoms with E-state index >= 15 is 0 Å². The van der Waals surface area contributed by atoms with Crippen molar-refractivity contribution in [3.63, 3.8) is 0 Å². The summed E-state index contributed by atoms with van der Waals surface area (Å²) in [5, 5.41) is 11.7. The van der Waals surface area contributed by atoms with Gasteiger partial charge in [0.15, 0.2) is 0 Å². The van der Waals surface area contributed by atoms with Crippen LogP contribution in [0.25, 0.3) is 0 Å². The van der Waals surface area contributed by atoms with Crippen molar-refractivity contribution in [1.29, 1.82) is 0 Å². The molecule has 1 saturated carbocycles. The average Bonchev–Trinajstić information content (AvgIpc) is 3.04. The summed E-state index contributed by atoms with van der Waals surface area (Å²) in [4.78, 5) is 12.5. The first-order valence-corrected chi connectivity index (χ1v) is 9.65. The van der Waals surface area contributed by atoms with Crippen molar-refractivity contribution in [1.82, 2.24) is 14.9 Å². The highest BCUT2D eigenvalue weighted by Crippen LogP contribution is 2.33. The molecule has 6 heteroatoms. The minimum absolute atomic E-state index is 0.112. The zero-order chi connectivity index (χ0) is 18.7. The van der Waals surface area contributed by atoms with E-state index in [1.807, 2.05) is 11.6 Å². The van der Waals surface area contributed by atoms with Crippen LogP contribution in [0, 0.1) is 6.92 Å². The molecule has 0 unspecified atom stereocenters. The van der Waals surface area contributed by atoms with E-state index in [0.29, 0.717) is 11.7 Å². The molecule has 2 aromatic heterocycles. The molecule has 2 heterocycles. The highest BCUT2D eigenvalue weighted by atomic mass is 16.5. The molecule has 1 amide bonds. The molecule has 0 aliphatic heterocycles. The van der Waals surface area contributed by atoms with Crippen LogP contribution in [0.3, 0.4) is 0 Å². The second-order valence-corrected chi connectivity index (χ2v) is 8.39. The highest BCUT2D eigenvalue weighted by molar-refractivity contribution is 5.91. The fraction of sp³-hybridized carbons (Fsp3) is 0.650. The third-order valence-corrected chi connectivity index (χ3v) is 4.92. The summed E-state index contributed by atoms with van der Waals surface area (Å²) in [5.41, 5.74) is 1.69. The monoisotopic (exact) mass is 358 g/mol. The molecule has 142 valence electrons. The van der Waals surface area contributed by atoms with Crippen LogP contribution >= 0.6 is 0 Å². The Morgan fingerprint density at radius 3 is 2.50 bits per heavy atom. The van der Waals surface area contributed by atoms with Crippen molar-refractivity contribution < 1.29 is 9.32 Å². The zero-order valence-electron chi connectivity index (χ0n) is 16.3. The van der Waals surface area contributed by atoms with E-state index in [0.717, 1.165) is 17.2 Å². The summed E-state index contributed by atoms with van der Waals surface area (Å²) in [6.07, 6.45) is 7.71. The van der Waals surface area contributed by atoms with Gasteiger partial charge < -0.3 is 9.84 Å². The lowest BCUT2D eigenvalue weighted by molar-refractivity contribution is -0.115. The van der Waals surface area contributed by atoms with E-state index in [1.165, 1.54) is 38.5 Å². The maximum Gasteiger partial charge on any atom is 0.233 e. The first-order valence-electron chi connectivity index (χ1n) is 9.65. The quantitative estimate of drug-likeness (QED) is 0.814. The molecule has 1 aliphatic rings. The lowest BCUT2D eigenvalue weighted by atomic mass is 9.97. The van der Waals surface area contributed by atoms with Gasteiger partial charge in [0.25, 0.3) is 0 Å². The Bertz CT molecular complexity index is 746. The molecule has 1 fully saturated rings. The number of aryl methyl sites for hydroxylation is 1. The first kappa shape index (κ1) is 18.7. The van der Waals surface area contributed by atoms with Gasteiger partial charge in [0.1, 0.15) is 11.6 Å². The summed E-state index contributed by atoms with van der Waals surface area (Å²) in [6.45, 7) is 8.16. The summed E-state index contributed by atoms with van der Waals surface area (Å²) in [7, 11) is 0. The minimum atomic E-state index is -0.200.